The van der Waals surface area contributed by atoms with Crippen molar-refractivity contribution < 1.29 is 0 Å². The number of rotatable bonds is 3. The van der Waals surface area contributed by atoms with Gasteiger partial charge in [0, 0.05) is 18.0 Å². The minimum atomic E-state index is 0.756. The van der Waals surface area contributed by atoms with Crippen molar-refractivity contribution in [3.63, 3.8) is 0 Å². The lowest BCUT2D eigenvalue weighted by molar-refractivity contribution is 0.520. The van der Waals surface area contributed by atoms with Gasteiger partial charge in [-0.25, -0.2) is 4.98 Å². The van der Waals surface area contributed by atoms with Crippen molar-refractivity contribution in [1.82, 2.24) is 10.3 Å². The molecule has 1 aromatic heterocycles. The molecule has 1 aliphatic rings. The fourth-order valence-electron chi connectivity index (χ4n) is 1.70. The van der Waals surface area contributed by atoms with Crippen LogP contribution in [-0.4, -0.2) is 11.0 Å². The Morgan fingerprint density at radius 1 is 1.50 bits per heavy atom. The van der Waals surface area contributed by atoms with Crippen LogP contribution < -0.4 is 5.32 Å². The SMILES string of the molecule is c1nc(CNC2CCCC2)cs1. The molecule has 66 valence electrons. The fraction of sp³-hybridized carbons (Fsp3) is 0.667. The summed E-state index contributed by atoms with van der Waals surface area (Å²) in [6, 6.07) is 0.756. The maximum absolute atomic E-state index is 4.23. The molecule has 1 fully saturated rings. The molecule has 0 atom stereocenters. The van der Waals surface area contributed by atoms with E-state index in [0.29, 0.717) is 0 Å². The molecule has 0 aromatic carbocycles. The molecule has 12 heavy (non-hydrogen) atoms. The Kier molecular flexibility index (Phi) is 2.74. The molecule has 2 rings (SSSR count). The first-order valence-electron chi connectivity index (χ1n) is 4.55. The monoisotopic (exact) mass is 182 g/mol. The van der Waals surface area contributed by atoms with Crippen molar-refractivity contribution in [2.75, 3.05) is 0 Å². The van der Waals surface area contributed by atoms with E-state index in [4.69, 9.17) is 0 Å². The van der Waals surface area contributed by atoms with Gasteiger partial charge in [-0.05, 0) is 12.8 Å². The number of hydrogen-bond donors (Lipinski definition) is 1. The van der Waals surface area contributed by atoms with Gasteiger partial charge >= 0.3 is 0 Å². The lowest BCUT2D eigenvalue weighted by Crippen LogP contribution is -2.25. The van der Waals surface area contributed by atoms with Crippen LogP contribution in [0.4, 0.5) is 0 Å². The lowest BCUT2D eigenvalue weighted by Gasteiger charge is -2.09. The first kappa shape index (κ1) is 8.20. The maximum Gasteiger partial charge on any atom is 0.0795 e. The van der Waals surface area contributed by atoms with Crippen molar-refractivity contribution in [2.45, 2.75) is 38.3 Å². The number of aromatic nitrogens is 1. The predicted molar refractivity (Wildman–Crippen MR) is 51.2 cm³/mol. The zero-order valence-corrected chi connectivity index (χ0v) is 7.94. The molecule has 0 spiro atoms. The molecule has 3 heteroatoms. The Morgan fingerprint density at radius 3 is 3.00 bits per heavy atom. The Balaban J connectivity index is 1.74. The van der Waals surface area contributed by atoms with Gasteiger partial charge in [0.1, 0.15) is 0 Å². The van der Waals surface area contributed by atoms with E-state index in [1.54, 1.807) is 11.3 Å². The van der Waals surface area contributed by atoms with Crippen LogP contribution >= 0.6 is 11.3 Å². The molecule has 0 aliphatic heterocycles. The number of nitrogens with one attached hydrogen (secondary N) is 1. The van der Waals surface area contributed by atoms with Crippen molar-refractivity contribution in [2.24, 2.45) is 0 Å². The van der Waals surface area contributed by atoms with Crippen LogP contribution in [0.3, 0.4) is 0 Å². The standard InChI is InChI=1S/C9H14N2S/c1-2-4-8(3-1)10-5-9-6-12-7-11-9/h6-8,10H,1-5H2. The van der Waals surface area contributed by atoms with Gasteiger partial charge in [-0.3, -0.25) is 0 Å². The normalized spacial score (nSPS) is 18.7. The molecule has 1 N–H and O–H groups in total. The van der Waals surface area contributed by atoms with E-state index < -0.39 is 0 Å². The average molecular weight is 182 g/mol. The van der Waals surface area contributed by atoms with Crippen molar-refractivity contribution in [3.8, 4) is 0 Å². The largest absolute Gasteiger partial charge is 0.308 e. The van der Waals surface area contributed by atoms with E-state index >= 15 is 0 Å². The minimum absolute atomic E-state index is 0.756. The third-order valence-corrected chi connectivity index (χ3v) is 3.05. The van der Waals surface area contributed by atoms with Gasteiger partial charge in [0.25, 0.3) is 0 Å². The van der Waals surface area contributed by atoms with E-state index in [1.807, 2.05) is 5.51 Å². The molecule has 1 aromatic rings. The second-order valence-electron chi connectivity index (χ2n) is 3.34. The highest BCUT2D eigenvalue weighted by Crippen LogP contribution is 2.17. The van der Waals surface area contributed by atoms with Gasteiger partial charge in [0.2, 0.25) is 0 Å². The summed E-state index contributed by atoms with van der Waals surface area (Å²) in [5, 5.41) is 5.64. The van der Waals surface area contributed by atoms with E-state index in [9.17, 15) is 0 Å². The summed E-state index contributed by atoms with van der Waals surface area (Å²) >= 11 is 1.67. The average Bonchev–Trinajstić information content (AvgIpc) is 2.74. The Hall–Kier alpha value is -0.410. The zero-order valence-electron chi connectivity index (χ0n) is 7.12. The van der Waals surface area contributed by atoms with Crippen LogP contribution in [0.1, 0.15) is 31.4 Å². The summed E-state index contributed by atoms with van der Waals surface area (Å²) in [7, 11) is 0. The van der Waals surface area contributed by atoms with Crippen LogP contribution in [0.25, 0.3) is 0 Å². The molecular formula is C9H14N2S. The lowest BCUT2D eigenvalue weighted by atomic mass is 10.2. The first-order chi connectivity index (χ1) is 5.95. The molecule has 2 nitrogen and oxygen atoms in total. The van der Waals surface area contributed by atoms with Crippen LogP contribution in [0.5, 0.6) is 0 Å². The molecule has 0 bridgehead atoms. The van der Waals surface area contributed by atoms with E-state index in [2.05, 4.69) is 15.7 Å². The quantitative estimate of drug-likeness (QED) is 0.775. The third-order valence-electron chi connectivity index (χ3n) is 2.41. The number of nitrogens with zero attached hydrogens (tertiary/aromatic N) is 1. The second-order valence-corrected chi connectivity index (χ2v) is 4.06. The van der Waals surface area contributed by atoms with Gasteiger partial charge < -0.3 is 5.32 Å². The second kappa shape index (κ2) is 4.01. The highest BCUT2D eigenvalue weighted by Gasteiger charge is 2.13. The Morgan fingerprint density at radius 2 is 2.33 bits per heavy atom. The molecule has 1 heterocycles. The summed E-state index contributed by atoms with van der Waals surface area (Å²) in [5.41, 5.74) is 3.08. The predicted octanol–water partition coefficient (Wildman–Crippen LogP) is 2.18. The number of hydrogen-bond acceptors (Lipinski definition) is 3. The smallest absolute Gasteiger partial charge is 0.0795 e. The molecule has 0 radical (unpaired) electrons. The summed E-state index contributed by atoms with van der Waals surface area (Å²) in [6.45, 7) is 0.953. The number of thiazole rings is 1. The van der Waals surface area contributed by atoms with Crippen LogP contribution in [-0.2, 0) is 6.54 Å². The Labute approximate surface area is 77.0 Å². The van der Waals surface area contributed by atoms with Gasteiger partial charge in [-0.15, -0.1) is 11.3 Å². The molecule has 1 aliphatic carbocycles. The van der Waals surface area contributed by atoms with Crippen LogP contribution in [0, 0.1) is 0 Å². The van der Waals surface area contributed by atoms with Crippen LogP contribution in [0.2, 0.25) is 0 Å². The molecule has 1 saturated carbocycles. The summed E-state index contributed by atoms with van der Waals surface area (Å²) in [4.78, 5) is 4.23. The summed E-state index contributed by atoms with van der Waals surface area (Å²) in [6.07, 6.45) is 5.50. The molecule has 0 amide bonds. The fourth-order valence-corrected chi connectivity index (χ4v) is 2.26. The summed E-state index contributed by atoms with van der Waals surface area (Å²) in [5.74, 6) is 0. The minimum Gasteiger partial charge on any atom is -0.308 e. The van der Waals surface area contributed by atoms with Gasteiger partial charge in [0.05, 0.1) is 11.2 Å². The maximum atomic E-state index is 4.23. The zero-order chi connectivity index (χ0) is 8.23. The molecule has 0 saturated heterocycles. The van der Waals surface area contributed by atoms with E-state index in [-0.39, 0.29) is 0 Å². The topological polar surface area (TPSA) is 24.9 Å². The van der Waals surface area contributed by atoms with Crippen molar-refractivity contribution in [3.05, 3.63) is 16.6 Å². The summed E-state index contributed by atoms with van der Waals surface area (Å²) < 4.78 is 0. The van der Waals surface area contributed by atoms with E-state index in [0.717, 1.165) is 12.6 Å². The Bertz CT molecular complexity index is 214. The molecular weight excluding hydrogens is 168 g/mol. The van der Waals surface area contributed by atoms with Gasteiger partial charge in [-0.2, -0.15) is 0 Å². The van der Waals surface area contributed by atoms with Crippen molar-refractivity contribution in [1.29, 1.82) is 0 Å². The van der Waals surface area contributed by atoms with Crippen LogP contribution in [0.15, 0.2) is 10.9 Å². The van der Waals surface area contributed by atoms with Crippen molar-refractivity contribution >= 4 is 11.3 Å². The first-order valence-corrected chi connectivity index (χ1v) is 5.50. The molecule has 0 unspecified atom stereocenters. The van der Waals surface area contributed by atoms with E-state index in [1.165, 1.54) is 31.4 Å². The highest BCUT2D eigenvalue weighted by molar-refractivity contribution is 7.07. The third kappa shape index (κ3) is 2.05. The highest BCUT2D eigenvalue weighted by atomic mass is 32.1. The van der Waals surface area contributed by atoms with Gasteiger partial charge in [0.15, 0.2) is 0 Å². The van der Waals surface area contributed by atoms with Gasteiger partial charge in [-0.1, -0.05) is 12.8 Å².